The lowest BCUT2D eigenvalue weighted by Crippen LogP contribution is -2.25. The Morgan fingerprint density at radius 1 is 1.35 bits per heavy atom. The summed E-state index contributed by atoms with van der Waals surface area (Å²) >= 11 is 4.70. The molecule has 0 aliphatic carbocycles. The maximum atomic E-state index is 12.3. The molecule has 0 radical (unpaired) electrons. The third-order valence-electron chi connectivity index (χ3n) is 2.46. The van der Waals surface area contributed by atoms with Crippen molar-refractivity contribution in [2.24, 2.45) is 5.73 Å². The number of hydrogen-bond donors (Lipinski definition) is 2. The van der Waals surface area contributed by atoms with Crippen LogP contribution in [-0.4, -0.2) is 22.4 Å². The molecule has 0 aromatic carbocycles. The fraction of sp³-hybridized carbons (Fsp3) is 0.417. The number of thiocarbonyl (C=S) groups is 1. The summed E-state index contributed by atoms with van der Waals surface area (Å²) in [4.78, 5) is 15.5. The number of hydrogen-bond acceptors (Lipinski definition) is 3. The molecule has 4 nitrogen and oxygen atoms in total. The third kappa shape index (κ3) is 5.52. The SMILES string of the molecule is NC(=S)CCCCNC(=O)c1ccc(C(F)(F)F)cn1. The quantitative estimate of drug-likeness (QED) is 0.625. The maximum absolute atomic E-state index is 12.3. The first kappa shape index (κ1) is 16.4. The van der Waals surface area contributed by atoms with Crippen molar-refractivity contribution in [3.8, 4) is 0 Å². The van der Waals surface area contributed by atoms with E-state index in [9.17, 15) is 18.0 Å². The van der Waals surface area contributed by atoms with Gasteiger partial charge in [0.1, 0.15) is 5.69 Å². The highest BCUT2D eigenvalue weighted by Gasteiger charge is 2.30. The van der Waals surface area contributed by atoms with Gasteiger partial charge in [0.25, 0.3) is 5.91 Å². The van der Waals surface area contributed by atoms with E-state index in [1.54, 1.807) is 0 Å². The molecule has 3 N–H and O–H groups in total. The highest BCUT2D eigenvalue weighted by Crippen LogP contribution is 2.28. The van der Waals surface area contributed by atoms with E-state index < -0.39 is 17.6 Å². The summed E-state index contributed by atoms with van der Waals surface area (Å²) in [5, 5.41) is 2.56. The number of halogens is 3. The van der Waals surface area contributed by atoms with Crippen molar-refractivity contribution in [2.75, 3.05) is 6.54 Å². The predicted molar refractivity (Wildman–Crippen MR) is 72.2 cm³/mol. The minimum absolute atomic E-state index is 0.0488. The van der Waals surface area contributed by atoms with E-state index in [1.807, 2.05) is 0 Å². The van der Waals surface area contributed by atoms with Crippen LogP contribution >= 0.6 is 12.2 Å². The highest BCUT2D eigenvalue weighted by molar-refractivity contribution is 7.80. The van der Waals surface area contributed by atoms with Crippen molar-refractivity contribution in [1.82, 2.24) is 10.3 Å². The van der Waals surface area contributed by atoms with Gasteiger partial charge in [0, 0.05) is 12.7 Å². The lowest BCUT2D eigenvalue weighted by molar-refractivity contribution is -0.137. The number of nitrogens with one attached hydrogen (secondary N) is 1. The normalized spacial score (nSPS) is 11.2. The molecule has 0 aliphatic heterocycles. The summed E-state index contributed by atoms with van der Waals surface area (Å²) in [7, 11) is 0. The number of unbranched alkanes of at least 4 members (excludes halogenated alkanes) is 1. The number of aromatic nitrogens is 1. The van der Waals surface area contributed by atoms with E-state index in [1.165, 1.54) is 0 Å². The topological polar surface area (TPSA) is 68.0 Å². The molecular weight excluding hydrogens is 291 g/mol. The van der Waals surface area contributed by atoms with Gasteiger partial charge >= 0.3 is 6.18 Å². The Morgan fingerprint density at radius 2 is 2.05 bits per heavy atom. The van der Waals surface area contributed by atoms with Crippen LogP contribution in [0.25, 0.3) is 0 Å². The zero-order valence-corrected chi connectivity index (χ0v) is 11.4. The molecular formula is C12H14F3N3OS. The van der Waals surface area contributed by atoms with Crippen LogP contribution in [0.4, 0.5) is 13.2 Å². The minimum Gasteiger partial charge on any atom is -0.393 e. The second kappa shape index (κ2) is 7.18. The fourth-order valence-electron chi connectivity index (χ4n) is 1.41. The maximum Gasteiger partial charge on any atom is 0.417 e. The molecule has 0 spiro atoms. The van der Waals surface area contributed by atoms with E-state index >= 15 is 0 Å². The standard InChI is InChI=1S/C12H14F3N3OS/c13-12(14,15)8-4-5-9(18-7-8)11(19)17-6-2-1-3-10(16)20/h4-5,7H,1-3,6H2,(H2,16,20)(H,17,19). The smallest absolute Gasteiger partial charge is 0.393 e. The van der Waals surface area contributed by atoms with Crippen LogP contribution in [0.3, 0.4) is 0 Å². The van der Waals surface area contributed by atoms with Crippen molar-refractivity contribution in [3.05, 3.63) is 29.6 Å². The molecule has 1 rings (SSSR count). The number of carbonyl (C=O) groups is 1. The van der Waals surface area contributed by atoms with Crippen LogP contribution in [0.15, 0.2) is 18.3 Å². The molecule has 1 aromatic rings. The molecule has 1 aromatic heterocycles. The van der Waals surface area contributed by atoms with Gasteiger partial charge in [-0.15, -0.1) is 0 Å². The van der Waals surface area contributed by atoms with E-state index in [0.29, 0.717) is 30.6 Å². The molecule has 0 aliphatic rings. The Kier molecular flexibility index (Phi) is 5.87. The molecule has 20 heavy (non-hydrogen) atoms. The van der Waals surface area contributed by atoms with Crippen molar-refractivity contribution in [1.29, 1.82) is 0 Å². The van der Waals surface area contributed by atoms with Crippen molar-refractivity contribution < 1.29 is 18.0 Å². The van der Waals surface area contributed by atoms with Gasteiger partial charge in [0.05, 0.1) is 10.6 Å². The van der Waals surface area contributed by atoms with Crippen LogP contribution in [0, 0.1) is 0 Å². The van der Waals surface area contributed by atoms with E-state index in [-0.39, 0.29) is 5.69 Å². The number of rotatable bonds is 6. The zero-order chi connectivity index (χ0) is 15.2. The van der Waals surface area contributed by atoms with Gasteiger partial charge < -0.3 is 11.1 Å². The highest BCUT2D eigenvalue weighted by atomic mass is 32.1. The Hall–Kier alpha value is -1.70. The summed E-state index contributed by atoms with van der Waals surface area (Å²) in [6.45, 7) is 0.393. The van der Waals surface area contributed by atoms with Crippen LogP contribution in [0.1, 0.15) is 35.3 Å². The van der Waals surface area contributed by atoms with Crippen LogP contribution in [0.5, 0.6) is 0 Å². The van der Waals surface area contributed by atoms with Crippen molar-refractivity contribution in [3.63, 3.8) is 0 Å². The number of alkyl halides is 3. The van der Waals surface area contributed by atoms with Gasteiger partial charge in [0.2, 0.25) is 0 Å². The molecule has 0 atom stereocenters. The summed E-state index contributed by atoms with van der Waals surface area (Å²) < 4.78 is 36.9. The van der Waals surface area contributed by atoms with Gasteiger partial charge in [-0.25, -0.2) is 0 Å². The largest absolute Gasteiger partial charge is 0.417 e. The summed E-state index contributed by atoms with van der Waals surface area (Å²) in [5.74, 6) is -0.506. The monoisotopic (exact) mass is 305 g/mol. The third-order valence-corrected chi connectivity index (χ3v) is 2.66. The first-order chi connectivity index (χ1) is 9.30. The van der Waals surface area contributed by atoms with Gasteiger partial charge in [-0.05, 0) is 31.4 Å². The molecule has 1 amide bonds. The van der Waals surface area contributed by atoms with Crippen molar-refractivity contribution in [2.45, 2.75) is 25.4 Å². The van der Waals surface area contributed by atoms with Gasteiger partial charge in [-0.1, -0.05) is 12.2 Å². The molecule has 0 bridgehead atoms. The molecule has 8 heteroatoms. The molecule has 0 unspecified atom stereocenters. The predicted octanol–water partition coefficient (Wildman–Crippen LogP) is 2.29. The molecule has 0 saturated heterocycles. The zero-order valence-electron chi connectivity index (χ0n) is 10.5. The van der Waals surface area contributed by atoms with E-state index in [0.717, 1.165) is 18.6 Å². The van der Waals surface area contributed by atoms with E-state index in [4.69, 9.17) is 18.0 Å². The second-order valence-corrected chi connectivity index (χ2v) is 4.63. The van der Waals surface area contributed by atoms with Crippen LogP contribution < -0.4 is 11.1 Å². The summed E-state index contributed by atoms with van der Waals surface area (Å²) in [6, 6.07) is 1.88. The Balaban J connectivity index is 2.42. The first-order valence-corrected chi connectivity index (χ1v) is 6.31. The molecule has 0 fully saturated rings. The lowest BCUT2D eigenvalue weighted by Gasteiger charge is -2.07. The van der Waals surface area contributed by atoms with Gasteiger partial charge in [-0.2, -0.15) is 13.2 Å². The summed E-state index contributed by atoms with van der Waals surface area (Å²) in [6.07, 6.45) is -1.78. The van der Waals surface area contributed by atoms with Crippen molar-refractivity contribution >= 4 is 23.1 Å². The van der Waals surface area contributed by atoms with Crippen LogP contribution in [-0.2, 0) is 6.18 Å². The minimum atomic E-state index is -4.46. The average Bonchev–Trinajstić information content (AvgIpc) is 2.37. The Bertz CT molecular complexity index is 474. The molecule has 0 saturated carbocycles. The fourth-order valence-corrected chi connectivity index (χ4v) is 1.56. The number of amides is 1. The number of nitrogens with zero attached hydrogens (tertiary/aromatic N) is 1. The Labute approximate surface area is 119 Å². The first-order valence-electron chi connectivity index (χ1n) is 5.90. The Morgan fingerprint density at radius 3 is 2.55 bits per heavy atom. The average molecular weight is 305 g/mol. The van der Waals surface area contributed by atoms with E-state index in [2.05, 4.69) is 10.3 Å². The summed E-state index contributed by atoms with van der Waals surface area (Å²) in [5.41, 5.74) is 4.38. The second-order valence-electron chi connectivity index (χ2n) is 4.11. The molecule has 1 heterocycles. The number of nitrogens with two attached hydrogens (primary N) is 1. The number of carbonyl (C=O) groups excluding carboxylic acids is 1. The lowest BCUT2D eigenvalue weighted by atomic mass is 10.2. The van der Waals surface area contributed by atoms with Gasteiger partial charge in [0.15, 0.2) is 0 Å². The number of pyridine rings is 1. The van der Waals surface area contributed by atoms with Gasteiger partial charge in [-0.3, -0.25) is 9.78 Å². The molecule has 110 valence electrons. The van der Waals surface area contributed by atoms with Crippen LogP contribution in [0.2, 0.25) is 0 Å².